The zero-order valence-electron chi connectivity index (χ0n) is 26.3. The zero-order chi connectivity index (χ0) is 32.3. The van der Waals surface area contributed by atoms with Crippen LogP contribution in [0.4, 0.5) is 0 Å². The van der Waals surface area contributed by atoms with E-state index in [0.29, 0.717) is 5.82 Å². The largest absolute Gasteiger partial charge is 0.294 e. The van der Waals surface area contributed by atoms with E-state index in [9.17, 15) is 0 Å². The molecule has 0 amide bonds. The first-order chi connectivity index (χ1) is 24.3. The Kier molecular flexibility index (Phi) is 6.08. The number of hydrogen-bond acceptors (Lipinski definition) is 3. The molecule has 0 radical (unpaired) electrons. The Morgan fingerprint density at radius 1 is 0.388 bits per heavy atom. The van der Waals surface area contributed by atoms with E-state index in [-0.39, 0.29) is 0 Å². The van der Waals surface area contributed by atoms with Crippen LogP contribution in [-0.2, 0) is 0 Å². The number of fused-ring (bicyclic) bond motifs is 7. The quantitative estimate of drug-likeness (QED) is 0.191. The molecule has 4 heterocycles. The van der Waals surface area contributed by atoms with Gasteiger partial charge in [0.25, 0.3) is 0 Å². The minimum absolute atomic E-state index is 0.694. The molecule has 0 saturated heterocycles. The number of rotatable bonds is 5. The smallest absolute Gasteiger partial charge is 0.221 e. The van der Waals surface area contributed by atoms with Crippen molar-refractivity contribution < 1.29 is 0 Å². The summed E-state index contributed by atoms with van der Waals surface area (Å²) in [5.74, 6) is 1.55. The predicted molar refractivity (Wildman–Crippen MR) is 198 cm³/mol. The molecule has 0 fully saturated rings. The summed E-state index contributed by atoms with van der Waals surface area (Å²) in [6, 6.07) is 58.7. The highest BCUT2D eigenvalue weighted by atomic mass is 15.3. The lowest BCUT2D eigenvalue weighted by Gasteiger charge is -2.10. The highest BCUT2D eigenvalue weighted by Crippen LogP contribution is 2.38. The van der Waals surface area contributed by atoms with Crippen LogP contribution in [0.25, 0.3) is 84.2 Å². The van der Waals surface area contributed by atoms with Gasteiger partial charge in [0, 0.05) is 33.5 Å². The third kappa shape index (κ3) is 4.31. The summed E-state index contributed by atoms with van der Waals surface area (Å²) in [7, 11) is 0. The maximum atomic E-state index is 5.39. The second kappa shape index (κ2) is 10.9. The SMILES string of the molecule is c1ccc(-c2cc(-c3ccc4c(c3)n(-c3ccccc3)c3nc5c6ccccc6n(-c6ccccc6)c5n43)nc(-c3ccccc3)n2)cc1. The molecule has 0 bridgehead atoms. The topological polar surface area (TPSA) is 52.9 Å². The van der Waals surface area contributed by atoms with Gasteiger partial charge in [-0.05, 0) is 48.5 Å². The molecule has 0 aliphatic rings. The molecule has 6 aromatic carbocycles. The Labute approximate surface area is 281 Å². The summed E-state index contributed by atoms with van der Waals surface area (Å²) in [5.41, 5.74) is 12.1. The first kappa shape index (κ1) is 27.3. The normalized spacial score (nSPS) is 11.7. The molecule has 0 aliphatic heterocycles. The van der Waals surface area contributed by atoms with Crippen LogP contribution >= 0.6 is 0 Å². The first-order valence-corrected chi connectivity index (χ1v) is 16.4. The standard InChI is InChI=1S/C43H28N6/c1-5-15-29(16-6-1)35-28-36(45-41(44-35)30-17-7-2-8-18-30)31-25-26-38-39(27-31)48(33-21-11-4-12-22-33)43-46-40-34-23-13-14-24-37(34)47(42(40)49(38)43)32-19-9-3-10-20-32/h1-28H. The van der Waals surface area contributed by atoms with Crippen molar-refractivity contribution >= 4 is 38.9 Å². The molecular weight excluding hydrogens is 601 g/mol. The monoisotopic (exact) mass is 628 g/mol. The van der Waals surface area contributed by atoms with Crippen LogP contribution in [0.15, 0.2) is 170 Å². The van der Waals surface area contributed by atoms with Crippen molar-refractivity contribution in [3.05, 3.63) is 170 Å². The van der Waals surface area contributed by atoms with Crippen molar-refractivity contribution in [2.45, 2.75) is 0 Å². The Bertz CT molecular complexity index is 2740. The van der Waals surface area contributed by atoms with Gasteiger partial charge >= 0.3 is 0 Å². The maximum absolute atomic E-state index is 5.39. The highest BCUT2D eigenvalue weighted by molar-refractivity contribution is 6.09. The van der Waals surface area contributed by atoms with Gasteiger partial charge in [-0.2, -0.15) is 0 Å². The number of aromatic nitrogens is 6. The number of nitrogens with zero attached hydrogens (tertiary/aromatic N) is 6. The number of imidazole rings is 2. The van der Waals surface area contributed by atoms with Gasteiger partial charge in [0.1, 0.15) is 5.52 Å². The Morgan fingerprint density at radius 3 is 1.65 bits per heavy atom. The van der Waals surface area contributed by atoms with Gasteiger partial charge in [0.15, 0.2) is 11.5 Å². The van der Waals surface area contributed by atoms with E-state index in [4.69, 9.17) is 15.0 Å². The lowest BCUT2D eigenvalue weighted by atomic mass is 10.1. The molecule has 0 saturated carbocycles. The number of benzene rings is 6. The minimum atomic E-state index is 0.694. The Balaban J connectivity index is 1.28. The molecule has 0 spiro atoms. The van der Waals surface area contributed by atoms with Gasteiger partial charge in [-0.1, -0.05) is 121 Å². The molecule has 4 aromatic heterocycles. The van der Waals surface area contributed by atoms with Crippen molar-refractivity contribution in [2.75, 3.05) is 0 Å². The summed E-state index contributed by atoms with van der Waals surface area (Å²) in [5, 5.41) is 1.12. The average Bonchev–Trinajstić information content (AvgIpc) is 3.81. The molecule has 10 rings (SSSR count). The summed E-state index contributed by atoms with van der Waals surface area (Å²) in [6.45, 7) is 0. The second-order valence-corrected chi connectivity index (χ2v) is 12.2. The van der Waals surface area contributed by atoms with Gasteiger partial charge < -0.3 is 0 Å². The van der Waals surface area contributed by atoms with E-state index in [2.05, 4.69) is 141 Å². The van der Waals surface area contributed by atoms with Crippen LogP contribution in [0.5, 0.6) is 0 Å². The molecule has 10 aromatic rings. The second-order valence-electron chi connectivity index (χ2n) is 12.2. The molecule has 6 nitrogen and oxygen atoms in total. The van der Waals surface area contributed by atoms with Gasteiger partial charge in [0.05, 0.1) is 27.9 Å². The molecule has 0 atom stereocenters. The lowest BCUT2D eigenvalue weighted by Crippen LogP contribution is -1.97. The third-order valence-corrected chi connectivity index (χ3v) is 9.26. The minimum Gasteiger partial charge on any atom is -0.294 e. The van der Waals surface area contributed by atoms with Crippen molar-refractivity contribution in [1.82, 2.24) is 28.5 Å². The molecule has 6 heteroatoms. The summed E-state index contributed by atoms with van der Waals surface area (Å²) >= 11 is 0. The zero-order valence-corrected chi connectivity index (χ0v) is 26.3. The van der Waals surface area contributed by atoms with Gasteiger partial charge in [-0.25, -0.2) is 15.0 Å². The summed E-state index contributed by atoms with van der Waals surface area (Å²) in [4.78, 5) is 15.5. The molecule has 0 aliphatic carbocycles. The first-order valence-electron chi connectivity index (χ1n) is 16.4. The van der Waals surface area contributed by atoms with E-state index in [1.54, 1.807) is 0 Å². The predicted octanol–water partition coefficient (Wildman–Crippen LogP) is 10.2. The molecule has 0 unspecified atom stereocenters. The fraction of sp³-hybridized carbons (Fsp3) is 0. The van der Waals surface area contributed by atoms with E-state index < -0.39 is 0 Å². The number of hydrogen-bond donors (Lipinski definition) is 0. The Hall–Kier alpha value is -6.79. The van der Waals surface area contributed by atoms with Crippen LogP contribution in [-0.4, -0.2) is 28.5 Å². The van der Waals surface area contributed by atoms with E-state index in [0.717, 1.165) is 78.3 Å². The van der Waals surface area contributed by atoms with Crippen molar-refractivity contribution in [2.24, 2.45) is 0 Å². The molecule has 230 valence electrons. The molecule has 0 N–H and O–H groups in total. The van der Waals surface area contributed by atoms with Crippen molar-refractivity contribution in [3.63, 3.8) is 0 Å². The number of para-hydroxylation sites is 3. The fourth-order valence-corrected chi connectivity index (χ4v) is 7.04. The fourth-order valence-electron chi connectivity index (χ4n) is 7.04. The van der Waals surface area contributed by atoms with Crippen LogP contribution in [0.3, 0.4) is 0 Å². The van der Waals surface area contributed by atoms with Gasteiger partial charge in [-0.15, -0.1) is 0 Å². The molecule has 49 heavy (non-hydrogen) atoms. The van der Waals surface area contributed by atoms with Crippen molar-refractivity contribution in [3.8, 4) is 45.3 Å². The average molecular weight is 629 g/mol. The summed E-state index contributed by atoms with van der Waals surface area (Å²) in [6.07, 6.45) is 0. The van der Waals surface area contributed by atoms with E-state index in [1.165, 1.54) is 0 Å². The van der Waals surface area contributed by atoms with Crippen LogP contribution < -0.4 is 0 Å². The van der Waals surface area contributed by atoms with Gasteiger partial charge in [-0.3, -0.25) is 13.5 Å². The van der Waals surface area contributed by atoms with Crippen LogP contribution in [0.2, 0.25) is 0 Å². The maximum Gasteiger partial charge on any atom is 0.221 e. The van der Waals surface area contributed by atoms with E-state index >= 15 is 0 Å². The van der Waals surface area contributed by atoms with E-state index in [1.807, 2.05) is 42.5 Å². The summed E-state index contributed by atoms with van der Waals surface area (Å²) < 4.78 is 6.90. The van der Waals surface area contributed by atoms with Crippen molar-refractivity contribution in [1.29, 1.82) is 0 Å². The van der Waals surface area contributed by atoms with Crippen LogP contribution in [0.1, 0.15) is 0 Å². The van der Waals surface area contributed by atoms with Gasteiger partial charge in [0.2, 0.25) is 5.78 Å². The third-order valence-electron chi connectivity index (χ3n) is 9.26. The van der Waals surface area contributed by atoms with Crippen LogP contribution in [0, 0.1) is 0 Å². The highest BCUT2D eigenvalue weighted by Gasteiger charge is 2.24. The lowest BCUT2D eigenvalue weighted by molar-refractivity contribution is 1.08. The Morgan fingerprint density at radius 2 is 0.959 bits per heavy atom. The molecular formula is C43H28N6.